The molecule has 0 aromatic heterocycles. The lowest BCUT2D eigenvalue weighted by atomic mass is 10.2. The molecule has 1 aliphatic rings. The van der Waals surface area contributed by atoms with Crippen LogP contribution in [0.2, 0.25) is 0 Å². The first-order chi connectivity index (χ1) is 7.54. The van der Waals surface area contributed by atoms with Gasteiger partial charge in [-0.2, -0.15) is 0 Å². The summed E-state index contributed by atoms with van der Waals surface area (Å²) in [6, 6.07) is -0.439. The van der Waals surface area contributed by atoms with Gasteiger partial charge >= 0.3 is 0 Å². The number of amides is 2. The lowest BCUT2D eigenvalue weighted by Gasteiger charge is -2.35. The molecule has 0 aromatic carbocycles. The van der Waals surface area contributed by atoms with Crippen molar-refractivity contribution in [3.05, 3.63) is 0 Å². The number of carbonyl (C=O) groups excluding carboxylic acids is 2. The zero-order chi connectivity index (χ0) is 12.1. The summed E-state index contributed by atoms with van der Waals surface area (Å²) in [5.41, 5.74) is 5.53. The number of rotatable bonds is 3. The molecule has 92 valence electrons. The second-order valence-electron chi connectivity index (χ2n) is 4.06. The van der Waals surface area contributed by atoms with Gasteiger partial charge in [-0.1, -0.05) is 0 Å². The molecule has 1 rings (SSSR count). The summed E-state index contributed by atoms with van der Waals surface area (Å²) in [5, 5.41) is 2.58. The molecule has 3 N–H and O–H groups in total. The third kappa shape index (κ3) is 3.46. The van der Waals surface area contributed by atoms with Gasteiger partial charge < -0.3 is 16.0 Å². The fourth-order valence-corrected chi connectivity index (χ4v) is 1.70. The van der Waals surface area contributed by atoms with Crippen LogP contribution in [0.4, 0.5) is 0 Å². The summed E-state index contributed by atoms with van der Waals surface area (Å²) in [4.78, 5) is 26.5. The van der Waals surface area contributed by atoms with E-state index in [1.807, 2.05) is 4.90 Å². The Morgan fingerprint density at radius 2 is 1.88 bits per heavy atom. The molecule has 0 spiro atoms. The molecule has 1 saturated heterocycles. The number of hydrogen-bond donors (Lipinski definition) is 2. The number of carbonyl (C=O) groups is 2. The van der Waals surface area contributed by atoms with Crippen molar-refractivity contribution in [3.63, 3.8) is 0 Å². The van der Waals surface area contributed by atoms with Crippen LogP contribution in [0.5, 0.6) is 0 Å². The number of nitrogens with two attached hydrogens (primary N) is 1. The highest BCUT2D eigenvalue weighted by atomic mass is 16.2. The molecule has 6 heteroatoms. The summed E-state index contributed by atoms with van der Waals surface area (Å²) >= 11 is 0. The molecule has 1 fully saturated rings. The van der Waals surface area contributed by atoms with E-state index in [9.17, 15) is 9.59 Å². The van der Waals surface area contributed by atoms with Crippen LogP contribution in [-0.2, 0) is 9.59 Å². The summed E-state index contributed by atoms with van der Waals surface area (Å²) in [6.07, 6.45) is 0. The number of hydrogen-bond acceptors (Lipinski definition) is 4. The third-order valence-corrected chi connectivity index (χ3v) is 2.72. The van der Waals surface area contributed by atoms with Crippen molar-refractivity contribution in [3.8, 4) is 0 Å². The van der Waals surface area contributed by atoms with Crippen LogP contribution in [-0.4, -0.2) is 67.4 Å². The van der Waals surface area contributed by atoms with Crippen molar-refractivity contribution >= 4 is 11.8 Å². The van der Waals surface area contributed by atoms with Gasteiger partial charge in [0, 0.05) is 33.2 Å². The van der Waals surface area contributed by atoms with Gasteiger partial charge in [0.2, 0.25) is 11.8 Å². The number of piperazine rings is 1. The monoisotopic (exact) mass is 228 g/mol. The smallest absolute Gasteiger partial charge is 0.239 e. The van der Waals surface area contributed by atoms with E-state index in [1.165, 1.54) is 0 Å². The van der Waals surface area contributed by atoms with Crippen LogP contribution in [0.15, 0.2) is 0 Å². The maximum absolute atomic E-state index is 11.6. The van der Waals surface area contributed by atoms with Crippen LogP contribution in [0.25, 0.3) is 0 Å². The Labute approximate surface area is 95.8 Å². The van der Waals surface area contributed by atoms with E-state index in [2.05, 4.69) is 5.32 Å². The van der Waals surface area contributed by atoms with Crippen molar-refractivity contribution in [2.75, 3.05) is 39.8 Å². The maximum Gasteiger partial charge on any atom is 0.239 e. The SMILES string of the molecule is CNC(=O)CN1CCN(C(=O)C(C)N)CC1. The molecule has 0 bridgehead atoms. The Morgan fingerprint density at radius 3 is 2.31 bits per heavy atom. The third-order valence-electron chi connectivity index (χ3n) is 2.72. The van der Waals surface area contributed by atoms with Gasteiger partial charge in [0.15, 0.2) is 0 Å². The van der Waals surface area contributed by atoms with Crippen molar-refractivity contribution < 1.29 is 9.59 Å². The summed E-state index contributed by atoms with van der Waals surface area (Å²) < 4.78 is 0. The number of nitrogens with one attached hydrogen (secondary N) is 1. The molecule has 0 radical (unpaired) electrons. The van der Waals surface area contributed by atoms with Crippen LogP contribution in [0.1, 0.15) is 6.92 Å². The van der Waals surface area contributed by atoms with E-state index in [0.29, 0.717) is 19.6 Å². The van der Waals surface area contributed by atoms with Crippen molar-refractivity contribution in [2.45, 2.75) is 13.0 Å². The Morgan fingerprint density at radius 1 is 1.31 bits per heavy atom. The van der Waals surface area contributed by atoms with Crippen molar-refractivity contribution in [1.29, 1.82) is 0 Å². The predicted octanol–water partition coefficient (Wildman–Crippen LogP) is -1.78. The van der Waals surface area contributed by atoms with Gasteiger partial charge in [-0.25, -0.2) is 0 Å². The molecular weight excluding hydrogens is 208 g/mol. The molecule has 0 saturated carbocycles. The highest BCUT2D eigenvalue weighted by Crippen LogP contribution is 2.02. The Kier molecular flexibility index (Phi) is 4.70. The molecule has 1 atom stereocenters. The Bertz CT molecular complexity index is 260. The average molecular weight is 228 g/mol. The van der Waals surface area contributed by atoms with Crippen molar-refractivity contribution in [2.24, 2.45) is 5.73 Å². The van der Waals surface area contributed by atoms with E-state index in [1.54, 1.807) is 18.9 Å². The minimum absolute atomic E-state index is 0.00645. The molecule has 6 nitrogen and oxygen atoms in total. The fraction of sp³-hybridized carbons (Fsp3) is 0.800. The van der Waals surface area contributed by atoms with E-state index in [-0.39, 0.29) is 11.8 Å². The number of likely N-dealkylation sites (N-methyl/N-ethyl adjacent to an activating group) is 1. The Hall–Kier alpha value is -1.14. The normalized spacial score (nSPS) is 19.3. The first kappa shape index (κ1) is 12.9. The van der Waals surface area contributed by atoms with Crippen LogP contribution >= 0.6 is 0 Å². The largest absolute Gasteiger partial charge is 0.358 e. The van der Waals surface area contributed by atoms with Gasteiger partial charge in [-0.05, 0) is 6.92 Å². The lowest BCUT2D eigenvalue weighted by Crippen LogP contribution is -2.53. The van der Waals surface area contributed by atoms with Crippen molar-refractivity contribution in [1.82, 2.24) is 15.1 Å². The standard InChI is InChI=1S/C10H20N4O2/c1-8(11)10(16)14-5-3-13(4-6-14)7-9(15)12-2/h8H,3-7,11H2,1-2H3,(H,12,15). The molecule has 1 aliphatic heterocycles. The van der Waals surface area contributed by atoms with E-state index < -0.39 is 6.04 Å². The quantitative estimate of drug-likeness (QED) is 0.599. The molecule has 1 heterocycles. The molecule has 2 amide bonds. The molecule has 0 aliphatic carbocycles. The first-order valence-electron chi connectivity index (χ1n) is 5.52. The Balaban J connectivity index is 2.34. The highest BCUT2D eigenvalue weighted by Gasteiger charge is 2.23. The van der Waals surface area contributed by atoms with Gasteiger partial charge in [0.05, 0.1) is 12.6 Å². The van der Waals surface area contributed by atoms with Crippen LogP contribution < -0.4 is 11.1 Å². The van der Waals surface area contributed by atoms with E-state index in [0.717, 1.165) is 13.1 Å². The van der Waals surface area contributed by atoms with Gasteiger partial charge in [-0.15, -0.1) is 0 Å². The molecule has 16 heavy (non-hydrogen) atoms. The second-order valence-corrected chi connectivity index (χ2v) is 4.06. The first-order valence-corrected chi connectivity index (χ1v) is 5.52. The summed E-state index contributed by atoms with van der Waals surface area (Å²) in [7, 11) is 1.62. The van der Waals surface area contributed by atoms with E-state index in [4.69, 9.17) is 5.73 Å². The predicted molar refractivity (Wildman–Crippen MR) is 60.7 cm³/mol. The maximum atomic E-state index is 11.6. The molecule has 0 aromatic rings. The summed E-state index contributed by atoms with van der Waals surface area (Å²) in [6.45, 7) is 4.85. The lowest BCUT2D eigenvalue weighted by molar-refractivity contribution is -0.134. The molecule has 1 unspecified atom stereocenters. The minimum Gasteiger partial charge on any atom is -0.358 e. The van der Waals surface area contributed by atoms with Gasteiger partial charge in [0.1, 0.15) is 0 Å². The van der Waals surface area contributed by atoms with E-state index >= 15 is 0 Å². The topological polar surface area (TPSA) is 78.7 Å². The zero-order valence-electron chi connectivity index (χ0n) is 9.90. The molecular formula is C10H20N4O2. The minimum atomic E-state index is -0.439. The fourth-order valence-electron chi connectivity index (χ4n) is 1.70. The zero-order valence-corrected chi connectivity index (χ0v) is 9.90. The van der Waals surface area contributed by atoms with Crippen LogP contribution in [0, 0.1) is 0 Å². The van der Waals surface area contributed by atoms with Gasteiger partial charge in [0.25, 0.3) is 0 Å². The van der Waals surface area contributed by atoms with Crippen LogP contribution in [0.3, 0.4) is 0 Å². The average Bonchev–Trinajstić information content (AvgIpc) is 2.28. The van der Waals surface area contributed by atoms with Gasteiger partial charge in [-0.3, -0.25) is 14.5 Å². The second kappa shape index (κ2) is 5.81. The highest BCUT2D eigenvalue weighted by molar-refractivity contribution is 5.81. The summed E-state index contributed by atoms with van der Waals surface area (Å²) in [5.74, 6) is -0.00781. The number of nitrogens with zero attached hydrogens (tertiary/aromatic N) is 2.